The van der Waals surface area contributed by atoms with Gasteiger partial charge < -0.3 is 11.1 Å². The first-order chi connectivity index (χ1) is 7.40. The Morgan fingerprint density at radius 3 is 2.73 bits per heavy atom. The predicted octanol–water partition coefficient (Wildman–Crippen LogP) is 2.25. The fourth-order valence-corrected chi connectivity index (χ4v) is 1.99. The molecule has 1 aromatic heterocycles. The Morgan fingerprint density at radius 2 is 2.13 bits per heavy atom. The van der Waals surface area contributed by atoms with Crippen molar-refractivity contribution in [1.29, 1.82) is 0 Å². The number of thiazole rings is 1. The smallest absolute Gasteiger partial charge is 0.183 e. The van der Waals surface area contributed by atoms with E-state index in [2.05, 4.69) is 22.4 Å². The normalized spacial score (nSPS) is 12.3. The monoisotopic (exact) mass is 219 g/mol. The fourth-order valence-electron chi connectivity index (χ4n) is 1.41. The van der Waals surface area contributed by atoms with Gasteiger partial charge in [-0.2, -0.15) is 0 Å². The van der Waals surface area contributed by atoms with Crippen molar-refractivity contribution in [3.05, 3.63) is 47.5 Å². The highest BCUT2D eigenvalue weighted by molar-refractivity contribution is 7.13. The molecule has 0 aliphatic heterocycles. The standard InChI is InChI=1S/C11H13N3S/c12-8-10(9-4-2-1-3-5-9)14-11-13-6-7-15-11/h1-7,10H,8,12H2,(H,13,14). The van der Waals surface area contributed by atoms with Crippen LogP contribution in [0.2, 0.25) is 0 Å². The summed E-state index contributed by atoms with van der Waals surface area (Å²) in [5.41, 5.74) is 6.93. The maximum Gasteiger partial charge on any atom is 0.183 e. The summed E-state index contributed by atoms with van der Waals surface area (Å²) in [5, 5.41) is 6.16. The molecule has 1 aromatic carbocycles. The largest absolute Gasteiger partial charge is 0.353 e. The van der Waals surface area contributed by atoms with E-state index < -0.39 is 0 Å². The van der Waals surface area contributed by atoms with Crippen molar-refractivity contribution in [2.45, 2.75) is 6.04 Å². The van der Waals surface area contributed by atoms with Crippen LogP contribution in [0.1, 0.15) is 11.6 Å². The lowest BCUT2D eigenvalue weighted by atomic mass is 10.1. The third kappa shape index (κ3) is 2.55. The van der Waals surface area contributed by atoms with Gasteiger partial charge in [0.25, 0.3) is 0 Å². The van der Waals surface area contributed by atoms with Crippen LogP contribution in [0.3, 0.4) is 0 Å². The molecule has 0 amide bonds. The van der Waals surface area contributed by atoms with E-state index >= 15 is 0 Å². The van der Waals surface area contributed by atoms with E-state index in [9.17, 15) is 0 Å². The maximum absolute atomic E-state index is 5.74. The number of hydrogen-bond donors (Lipinski definition) is 2. The molecule has 1 heterocycles. The zero-order valence-corrected chi connectivity index (χ0v) is 9.08. The van der Waals surface area contributed by atoms with E-state index in [4.69, 9.17) is 5.73 Å². The number of aromatic nitrogens is 1. The molecule has 0 saturated carbocycles. The highest BCUT2D eigenvalue weighted by Crippen LogP contribution is 2.19. The number of hydrogen-bond acceptors (Lipinski definition) is 4. The van der Waals surface area contributed by atoms with Gasteiger partial charge >= 0.3 is 0 Å². The summed E-state index contributed by atoms with van der Waals surface area (Å²) in [4.78, 5) is 4.18. The van der Waals surface area contributed by atoms with Crippen LogP contribution in [-0.4, -0.2) is 11.5 Å². The lowest BCUT2D eigenvalue weighted by molar-refractivity contribution is 0.788. The number of anilines is 1. The van der Waals surface area contributed by atoms with E-state index in [1.54, 1.807) is 17.5 Å². The number of benzene rings is 1. The molecule has 1 atom stereocenters. The summed E-state index contributed by atoms with van der Waals surface area (Å²) in [6, 6.07) is 10.3. The number of nitrogens with two attached hydrogens (primary N) is 1. The molecule has 78 valence electrons. The van der Waals surface area contributed by atoms with Gasteiger partial charge in [-0.1, -0.05) is 30.3 Å². The van der Waals surface area contributed by atoms with E-state index in [0.29, 0.717) is 6.54 Å². The molecule has 0 fully saturated rings. The average molecular weight is 219 g/mol. The number of nitrogens with zero attached hydrogens (tertiary/aromatic N) is 1. The minimum atomic E-state index is 0.136. The maximum atomic E-state index is 5.74. The van der Waals surface area contributed by atoms with E-state index in [1.807, 2.05) is 23.6 Å². The van der Waals surface area contributed by atoms with Gasteiger partial charge in [0.2, 0.25) is 0 Å². The molecule has 0 aliphatic carbocycles. The second-order valence-electron chi connectivity index (χ2n) is 3.18. The quantitative estimate of drug-likeness (QED) is 0.829. The Morgan fingerprint density at radius 1 is 1.33 bits per heavy atom. The van der Waals surface area contributed by atoms with Gasteiger partial charge in [0, 0.05) is 18.1 Å². The van der Waals surface area contributed by atoms with Crippen molar-refractivity contribution in [3.8, 4) is 0 Å². The Hall–Kier alpha value is -1.39. The SMILES string of the molecule is NCC(Nc1nccs1)c1ccccc1. The van der Waals surface area contributed by atoms with Crippen molar-refractivity contribution in [3.63, 3.8) is 0 Å². The zero-order chi connectivity index (χ0) is 10.5. The van der Waals surface area contributed by atoms with Crippen molar-refractivity contribution in [1.82, 2.24) is 4.98 Å². The lowest BCUT2D eigenvalue weighted by Crippen LogP contribution is -2.20. The molecule has 0 spiro atoms. The third-order valence-corrected chi connectivity index (χ3v) is 2.87. The Bertz CT molecular complexity index is 385. The van der Waals surface area contributed by atoms with Gasteiger partial charge in [0.15, 0.2) is 5.13 Å². The summed E-state index contributed by atoms with van der Waals surface area (Å²) in [7, 11) is 0. The molecule has 0 radical (unpaired) electrons. The van der Waals surface area contributed by atoms with Crippen molar-refractivity contribution < 1.29 is 0 Å². The Kier molecular flexibility index (Phi) is 3.32. The average Bonchev–Trinajstić information content (AvgIpc) is 2.80. The molecule has 3 N–H and O–H groups in total. The zero-order valence-electron chi connectivity index (χ0n) is 8.26. The summed E-state index contributed by atoms with van der Waals surface area (Å²) >= 11 is 1.58. The van der Waals surface area contributed by atoms with Crippen LogP contribution in [-0.2, 0) is 0 Å². The Labute approximate surface area is 93.0 Å². The molecule has 2 aromatic rings. The molecule has 3 nitrogen and oxygen atoms in total. The minimum absolute atomic E-state index is 0.136. The minimum Gasteiger partial charge on any atom is -0.353 e. The van der Waals surface area contributed by atoms with Gasteiger partial charge in [-0.05, 0) is 5.56 Å². The molecule has 2 rings (SSSR count). The van der Waals surface area contributed by atoms with Gasteiger partial charge in [0.05, 0.1) is 6.04 Å². The van der Waals surface area contributed by atoms with Gasteiger partial charge in [-0.15, -0.1) is 11.3 Å². The van der Waals surface area contributed by atoms with E-state index in [1.165, 1.54) is 5.56 Å². The second kappa shape index (κ2) is 4.91. The molecular formula is C11H13N3S. The van der Waals surface area contributed by atoms with Crippen LogP contribution in [0, 0.1) is 0 Å². The van der Waals surface area contributed by atoms with E-state index in [-0.39, 0.29) is 6.04 Å². The van der Waals surface area contributed by atoms with Crippen LogP contribution in [0.5, 0.6) is 0 Å². The first kappa shape index (κ1) is 10.1. The first-order valence-electron chi connectivity index (χ1n) is 4.81. The third-order valence-electron chi connectivity index (χ3n) is 2.17. The Balaban J connectivity index is 2.12. The van der Waals surface area contributed by atoms with Gasteiger partial charge in [-0.3, -0.25) is 0 Å². The van der Waals surface area contributed by atoms with Crippen LogP contribution >= 0.6 is 11.3 Å². The molecule has 0 bridgehead atoms. The summed E-state index contributed by atoms with van der Waals surface area (Å²) in [6.45, 7) is 0.559. The van der Waals surface area contributed by atoms with Crippen molar-refractivity contribution in [2.24, 2.45) is 5.73 Å². The number of rotatable bonds is 4. The molecule has 0 aliphatic rings. The molecule has 15 heavy (non-hydrogen) atoms. The fraction of sp³-hybridized carbons (Fsp3) is 0.182. The molecule has 1 unspecified atom stereocenters. The van der Waals surface area contributed by atoms with Crippen molar-refractivity contribution >= 4 is 16.5 Å². The van der Waals surface area contributed by atoms with Crippen LogP contribution < -0.4 is 11.1 Å². The van der Waals surface area contributed by atoms with Gasteiger partial charge in [-0.25, -0.2) is 4.98 Å². The van der Waals surface area contributed by atoms with Crippen LogP contribution in [0.25, 0.3) is 0 Å². The summed E-state index contributed by atoms with van der Waals surface area (Å²) in [6.07, 6.45) is 1.78. The topological polar surface area (TPSA) is 50.9 Å². The van der Waals surface area contributed by atoms with Crippen LogP contribution in [0.15, 0.2) is 41.9 Å². The summed E-state index contributed by atoms with van der Waals surface area (Å²) in [5.74, 6) is 0. The first-order valence-corrected chi connectivity index (χ1v) is 5.69. The molecule has 4 heteroatoms. The molecule has 0 saturated heterocycles. The van der Waals surface area contributed by atoms with E-state index in [0.717, 1.165) is 5.13 Å². The van der Waals surface area contributed by atoms with Crippen molar-refractivity contribution in [2.75, 3.05) is 11.9 Å². The summed E-state index contributed by atoms with van der Waals surface area (Å²) < 4.78 is 0. The lowest BCUT2D eigenvalue weighted by Gasteiger charge is -2.16. The number of nitrogens with one attached hydrogen (secondary N) is 1. The highest BCUT2D eigenvalue weighted by atomic mass is 32.1. The van der Waals surface area contributed by atoms with Gasteiger partial charge in [0.1, 0.15) is 0 Å². The second-order valence-corrected chi connectivity index (χ2v) is 4.08. The van der Waals surface area contributed by atoms with Crippen LogP contribution in [0.4, 0.5) is 5.13 Å². The highest BCUT2D eigenvalue weighted by Gasteiger charge is 2.09. The molecular weight excluding hydrogens is 206 g/mol. The predicted molar refractivity (Wildman–Crippen MR) is 64.0 cm³/mol.